The van der Waals surface area contributed by atoms with E-state index in [1.165, 1.54) is 33.0 Å². The molecule has 0 N–H and O–H groups in total. The zero-order valence-corrected chi connectivity index (χ0v) is 27.8. The highest BCUT2D eigenvalue weighted by Crippen LogP contribution is 2.45. The van der Waals surface area contributed by atoms with E-state index in [0.29, 0.717) is 0 Å². The molecule has 0 aliphatic carbocycles. The molecule has 0 saturated heterocycles. The number of aromatic nitrogens is 1. The van der Waals surface area contributed by atoms with Gasteiger partial charge in [0.15, 0.2) is 0 Å². The van der Waals surface area contributed by atoms with Gasteiger partial charge in [-0.15, -0.1) is 0 Å². The van der Waals surface area contributed by atoms with Gasteiger partial charge in [-0.05, 0) is 89.0 Å². The molecule has 0 aliphatic rings. The molecule has 0 bridgehead atoms. The molecule has 0 unspecified atom stereocenters. The first-order valence-corrected chi connectivity index (χ1v) is 17.4. The maximum Gasteiger partial charge on any atom is 0.137 e. The van der Waals surface area contributed by atoms with Crippen LogP contribution in [0, 0.1) is 0 Å². The number of benzene rings is 8. The van der Waals surface area contributed by atoms with Crippen molar-refractivity contribution < 1.29 is 4.42 Å². The highest BCUT2D eigenvalue weighted by Gasteiger charge is 2.22. The Morgan fingerprint density at radius 3 is 1.78 bits per heavy atom. The number of rotatable bonds is 6. The van der Waals surface area contributed by atoms with Gasteiger partial charge in [0.05, 0.1) is 22.1 Å². The normalized spacial score (nSPS) is 11.5. The summed E-state index contributed by atoms with van der Waals surface area (Å²) < 4.78 is 8.80. The predicted octanol–water partition coefficient (Wildman–Crippen LogP) is 13.5. The van der Waals surface area contributed by atoms with E-state index in [2.05, 4.69) is 191 Å². The van der Waals surface area contributed by atoms with Gasteiger partial charge >= 0.3 is 0 Å². The van der Waals surface area contributed by atoms with Crippen molar-refractivity contribution in [1.29, 1.82) is 0 Å². The molecular formula is C48H32N2O. The monoisotopic (exact) mass is 652 g/mol. The fourth-order valence-electron chi connectivity index (χ4n) is 7.64. The number of hydrogen-bond donors (Lipinski definition) is 0. The molecule has 240 valence electrons. The van der Waals surface area contributed by atoms with Crippen LogP contribution in [0.1, 0.15) is 0 Å². The SMILES string of the molecule is c1ccc(-c2cccc(N(c3ccc4c(c3)c3ccc(-c5ccccc5)cc3n4-c3ccccc3)c3cccc4oc5ccccc5c34)c2)cc1. The van der Waals surface area contributed by atoms with E-state index in [1.807, 2.05) is 12.1 Å². The first-order valence-electron chi connectivity index (χ1n) is 17.4. The van der Waals surface area contributed by atoms with E-state index in [9.17, 15) is 0 Å². The van der Waals surface area contributed by atoms with Crippen molar-refractivity contribution in [1.82, 2.24) is 4.57 Å². The summed E-state index contributed by atoms with van der Waals surface area (Å²) >= 11 is 0. The lowest BCUT2D eigenvalue weighted by atomic mass is 10.0. The molecule has 0 saturated carbocycles. The van der Waals surface area contributed by atoms with E-state index in [0.717, 1.165) is 55.8 Å². The van der Waals surface area contributed by atoms with Crippen LogP contribution in [-0.2, 0) is 0 Å². The summed E-state index contributed by atoms with van der Waals surface area (Å²) in [6, 6.07) is 69.2. The van der Waals surface area contributed by atoms with E-state index >= 15 is 0 Å². The van der Waals surface area contributed by atoms with Gasteiger partial charge in [0, 0.05) is 33.2 Å². The third-order valence-electron chi connectivity index (χ3n) is 9.96. The standard InChI is InChI=1S/C48H32N2O/c1-4-14-33(15-5-1)35-18-12-21-38(30-35)49(44-23-13-25-47-48(44)41-22-10-11-24-46(41)51-47)39-27-29-43-42(32-39)40-28-26-36(34-16-6-2-7-17-34)31-45(40)50(43)37-19-8-3-9-20-37/h1-32H. The van der Waals surface area contributed by atoms with Gasteiger partial charge in [-0.2, -0.15) is 0 Å². The van der Waals surface area contributed by atoms with Gasteiger partial charge in [-0.1, -0.05) is 127 Å². The van der Waals surface area contributed by atoms with Gasteiger partial charge in [0.25, 0.3) is 0 Å². The van der Waals surface area contributed by atoms with Crippen molar-refractivity contribution in [2.75, 3.05) is 4.90 Å². The molecule has 2 heterocycles. The molecule has 3 heteroatoms. The maximum atomic E-state index is 6.41. The number of anilines is 3. The summed E-state index contributed by atoms with van der Waals surface area (Å²) in [5.41, 5.74) is 13.2. The topological polar surface area (TPSA) is 21.3 Å². The van der Waals surface area contributed by atoms with Crippen LogP contribution in [0.4, 0.5) is 17.1 Å². The molecule has 0 spiro atoms. The van der Waals surface area contributed by atoms with E-state index in [4.69, 9.17) is 4.42 Å². The lowest BCUT2D eigenvalue weighted by molar-refractivity contribution is 0.669. The minimum Gasteiger partial charge on any atom is -0.456 e. The van der Waals surface area contributed by atoms with Crippen LogP contribution in [0.3, 0.4) is 0 Å². The van der Waals surface area contributed by atoms with Crippen LogP contribution in [0.2, 0.25) is 0 Å². The maximum absolute atomic E-state index is 6.41. The van der Waals surface area contributed by atoms with Crippen molar-refractivity contribution >= 4 is 60.8 Å². The molecule has 51 heavy (non-hydrogen) atoms. The second kappa shape index (κ2) is 11.9. The van der Waals surface area contributed by atoms with Crippen LogP contribution >= 0.6 is 0 Å². The first kappa shape index (κ1) is 29.1. The molecule has 10 aromatic rings. The number of hydrogen-bond acceptors (Lipinski definition) is 2. The molecule has 8 aromatic carbocycles. The molecule has 0 atom stereocenters. The van der Waals surface area contributed by atoms with Crippen LogP contribution < -0.4 is 4.90 Å². The van der Waals surface area contributed by atoms with Gasteiger partial charge in [-0.3, -0.25) is 0 Å². The molecule has 0 fully saturated rings. The Bertz CT molecular complexity index is 2850. The van der Waals surface area contributed by atoms with E-state index in [1.54, 1.807) is 0 Å². The quantitative estimate of drug-likeness (QED) is 0.178. The predicted molar refractivity (Wildman–Crippen MR) is 214 cm³/mol. The minimum atomic E-state index is 0.869. The lowest BCUT2D eigenvalue weighted by Crippen LogP contribution is -2.10. The molecule has 2 aromatic heterocycles. The molecule has 0 radical (unpaired) electrons. The fraction of sp³-hybridized carbons (Fsp3) is 0. The van der Waals surface area contributed by atoms with Crippen molar-refractivity contribution in [3.63, 3.8) is 0 Å². The van der Waals surface area contributed by atoms with Crippen molar-refractivity contribution in [2.24, 2.45) is 0 Å². The van der Waals surface area contributed by atoms with Crippen LogP contribution in [0.15, 0.2) is 199 Å². The lowest BCUT2D eigenvalue weighted by Gasteiger charge is -2.27. The Balaban J connectivity index is 1.25. The zero-order valence-electron chi connectivity index (χ0n) is 27.8. The summed E-state index contributed by atoms with van der Waals surface area (Å²) in [6.45, 7) is 0. The van der Waals surface area contributed by atoms with Crippen LogP contribution in [-0.4, -0.2) is 4.57 Å². The number of fused-ring (bicyclic) bond motifs is 6. The zero-order chi connectivity index (χ0) is 33.7. The average molecular weight is 653 g/mol. The minimum absolute atomic E-state index is 0.869. The van der Waals surface area contributed by atoms with Crippen LogP contribution in [0.5, 0.6) is 0 Å². The highest BCUT2D eigenvalue weighted by atomic mass is 16.3. The molecule has 0 amide bonds. The summed E-state index contributed by atoms with van der Waals surface area (Å²) in [7, 11) is 0. The van der Waals surface area contributed by atoms with E-state index < -0.39 is 0 Å². The Morgan fingerprint density at radius 2 is 1.00 bits per heavy atom. The molecule has 0 aliphatic heterocycles. The molecule has 10 rings (SSSR count). The average Bonchev–Trinajstić information content (AvgIpc) is 3.75. The Morgan fingerprint density at radius 1 is 0.373 bits per heavy atom. The second-order valence-corrected chi connectivity index (χ2v) is 13.0. The molecular weight excluding hydrogens is 621 g/mol. The Kier molecular flexibility index (Phi) is 6.81. The Labute approximate surface area is 295 Å². The summed E-state index contributed by atoms with van der Waals surface area (Å²) in [5.74, 6) is 0. The number of furan rings is 1. The van der Waals surface area contributed by atoms with Gasteiger partial charge in [0.2, 0.25) is 0 Å². The molecule has 3 nitrogen and oxygen atoms in total. The summed E-state index contributed by atoms with van der Waals surface area (Å²) in [6.07, 6.45) is 0. The van der Waals surface area contributed by atoms with Gasteiger partial charge < -0.3 is 13.9 Å². The van der Waals surface area contributed by atoms with Gasteiger partial charge in [-0.25, -0.2) is 0 Å². The van der Waals surface area contributed by atoms with Crippen molar-refractivity contribution in [3.8, 4) is 27.9 Å². The summed E-state index contributed by atoms with van der Waals surface area (Å²) in [5, 5.41) is 4.60. The number of nitrogens with zero attached hydrogens (tertiary/aromatic N) is 2. The third-order valence-corrected chi connectivity index (χ3v) is 9.96. The third kappa shape index (κ3) is 4.90. The smallest absolute Gasteiger partial charge is 0.137 e. The van der Waals surface area contributed by atoms with Crippen molar-refractivity contribution in [3.05, 3.63) is 194 Å². The van der Waals surface area contributed by atoms with Gasteiger partial charge in [0.1, 0.15) is 11.2 Å². The van der Waals surface area contributed by atoms with E-state index in [-0.39, 0.29) is 0 Å². The highest BCUT2D eigenvalue weighted by molar-refractivity contribution is 6.15. The first-order chi connectivity index (χ1) is 25.3. The largest absolute Gasteiger partial charge is 0.456 e. The Hall–Kier alpha value is -6.84. The van der Waals surface area contributed by atoms with Crippen molar-refractivity contribution in [2.45, 2.75) is 0 Å². The fourth-order valence-corrected chi connectivity index (χ4v) is 7.64. The second-order valence-electron chi connectivity index (χ2n) is 13.0. The summed E-state index contributed by atoms with van der Waals surface area (Å²) in [4.78, 5) is 2.39. The number of para-hydroxylation sites is 2. The van der Waals surface area contributed by atoms with Crippen LogP contribution in [0.25, 0.3) is 71.7 Å².